The lowest BCUT2D eigenvalue weighted by Crippen LogP contribution is -2.05. The number of alkyl halides is 3. The Morgan fingerprint density at radius 1 is 1.50 bits per heavy atom. The third-order valence-electron chi connectivity index (χ3n) is 1.79. The van der Waals surface area contributed by atoms with E-state index in [1.165, 1.54) is 18.2 Å². The van der Waals surface area contributed by atoms with E-state index in [9.17, 15) is 13.6 Å². The minimum Gasteiger partial charge on any atom is -0.435 e. The summed E-state index contributed by atoms with van der Waals surface area (Å²) in [5.74, 6) is -0.0560. The zero-order valence-electron chi connectivity index (χ0n) is 8.05. The van der Waals surface area contributed by atoms with Gasteiger partial charge >= 0.3 is 6.61 Å². The van der Waals surface area contributed by atoms with E-state index in [1.807, 2.05) is 0 Å². The Morgan fingerprint density at radius 3 is 2.69 bits per heavy atom. The minimum absolute atomic E-state index is 0.0185. The van der Waals surface area contributed by atoms with Gasteiger partial charge < -0.3 is 4.74 Å². The molecule has 1 rings (SSSR count). The van der Waals surface area contributed by atoms with Gasteiger partial charge in [0.2, 0.25) is 0 Å². The molecule has 0 aliphatic rings. The molecule has 0 fully saturated rings. The molecule has 1 aromatic carbocycles. The van der Waals surface area contributed by atoms with Crippen molar-refractivity contribution in [3.63, 3.8) is 0 Å². The molecule has 2 nitrogen and oxygen atoms in total. The molecule has 0 aliphatic heterocycles. The molecular formula is C10H8BrClF2O2. The van der Waals surface area contributed by atoms with Crippen molar-refractivity contribution in [3.8, 4) is 5.75 Å². The van der Waals surface area contributed by atoms with Gasteiger partial charge in [-0.25, -0.2) is 0 Å². The molecule has 0 bridgehead atoms. The number of ketones is 1. The fraction of sp³-hybridized carbons (Fsp3) is 0.300. The molecule has 0 saturated heterocycles. The molecule has 0 saturated carbocycles. The smallest absolute Gasteiger partial charge is 0.387 e. The van der Waals surface area contributed by atoms with Crippen LogP contribution in [-0.2, 0) is 11.2 Å². The van der Waals surface area contributed by atoms with E-state index in [-0.39, 0.29) is 28.3 Å². The number of benzene rings is 1. The van der Waals surface area contributed by atoms with Crippen LogP contribution >= 0.6 is 27.5 Å². The predicted octanol–water partition coefficient (Wildman–Crippen LogP) is 3.45. The van der Waals surface area contributed by atoms with E-state index in [0.717, 1.165) is 0 Å². The minimum atomic E-state index is -2.88. The third-order valence-corrected chi connectivity index (χ3v) is 2.76. The normalized spacial score (nSPS) is 10.6. The van der Waals surface area contributed by atoms with E-state index in [0.29, 0.717) is 5.56 Å². The van der Waals surface area contributed by atoms with Gasteiger partial charge in [-0.3, -0.25) is 4.79 Å². The van der Waals surface area contributed by atoms with Crippen LogP contribution in [0.25, 0.3) is 0 Å². The highest BCUT2D eigenvalue weighted by Crippen LogP contribution is 2.24. The fourth-order valence-corrected chi connectivity index (χ4v) is 1.54. The summed E-state index contributed by atoms with van der Waals surface area (Å²) in [6.07, 6.45) is 0.166. The first-order chi connectivity index (χ1) is 7.52. The Balaban J connectivity index is 2.79. The molecule has 1 aromatic rings. The van der Waals surface area contributed by atoms with Gasteiger partial charge in [-0.15, -0.1) is 0 Å². The highest BCUT2D eigenvalue weighted by Gasteiger charge is 2.09. The fourth-order valence-electron chi connectivity index (χ4n) is 1.11. The van der Waals surface area contributed by atoms with Crippen molar-refractivity contribution in [1.29, 1.82) is 0 Å². The summed E-state index contributed by atoms with van der Waals surface area (Å²) in [5.41, 5.74) is 0.590. The Kier molecular flexibility index (Phi) is 5.15. The van der Waals surface area contributed by atoms with Crippen molar-refractivity contribution < 1.29 is 18.3 Å². The van der Waals surface area contributed by atoms with Crippen LogP contribution in [0.4, 0.5) is 8.78 Å². The summed E-state index contributed by atoms with van der Waals surface area (Å²) < 4.78 is 28.0. The zero-order valence-corrected chi connectivity index (χ0v) is 10.4. The molecule has 0 heterocycles. The average Bonchev–Trinajstić information content (AvgIpc) is 2.21. The summed E-state index contributed by atoms with van der Waals surface area (Å²) >= 11 is 8.85. The molecule has 0 N–H and O–H groups in total. The quantitative estimate of drug-likeness (QED) is 0.778. The molecule has 6 heteroatoms. The Morgan fingerprint density at radius 2 is 2.19 bits per heavy atom. The topological polar surface area (TPSA) is 26.3 Å². The first kappa shape index (κ1) is 13.4. The molecule has 0 aromatic heterocycles. The number of carbonyl (C=O) groups excluding carboxylic acids is 1. The molecule has 16 heavy (non-hydrogen) atoms. The van der Waals surface area contributed by atoms with Gasteiger partial charge in [-0.1, -0.05) is 33.6 Å². The van der Waals surface area contributed by atoms with E-state index < -0.39 is 6.61 Å². The van der Waals surface area contributed by atoms with E-state index in [4.69, 9.17) is 11.6 Å². The van der Waals surface area contributed by atoms with Crippen LogP contribution in [0.15, 0.2) is 18.2 Å². The highest BCUT2D eigenvalue weighted by molar-refractivity contribution is 9.09. The van der Waals surface area contributed by atoms with Gasteiger partial charge in [0.05, 0.1) is 5.33 Å². The maximum Gasteiger partial charge on any atom is 0.387 e. The van der Waals surface area contributed by atoms with Gasteiger partial charge in [0, 0.05) is 11.4 Å². The summed E-state index contributed by atoms with van der Waals surface area (Å²) in [4.78, 5) is 11.1. The first-order valence-electron chi connectivity index (χ1n) is 4.34. The van der Waals surface area contributed by atoms with Crippen molar-refractivity contribution in [2.45, 2.75) is 13.0 Å². The zero-order chi connectivity index (χ0) is 12.1. The standard InChI is InChI=1S/C10H8BrClF2O2/c11-5-7(15)3-6-1-2-8(4-9(6)12)16-10(13)14/h1-2,4,10H,3,5H2. The average molecular weight is 314 g/mol. The number of carbonyl (C=O) groups is 1. The monoisotopic (exact) mass is 312 g/mol. The van der Waals surface area contributed by atoms with Crippen LogP contribution in [0.5, 0.6) is 5.75 Å². The predicted molar refractivity (Wildman–Crippen MR) is 60.6 cm³/mol. The highest BCUT2D eigenvalue weighted by atomic mass is 79.9. The molecule has 88 valence electrons. The van der Waals surface area contributed by atoms with Crippen molar-refractivity contribution in [1.82, 2.24) is 0 Å². The molecule has 0 amide bonds. The van der Waals surface area contributed by atoms with Crippen molar-refractivity contribution in [2.75, 3.05) is 5.33 Å². The second-order valence-corrected chi connectivity index (χ2v) is 3.95. The van der Waals surface area contributed by atoms with Crippen LogP contribution < -0.4 is 4.74 Å². The Bertz CT molecular complexity index is 385. The lowest BCUT2D eigenvalue weighted by molar-refractivity contribution is -0.115. The molecule has 0 atom stereocenters. The molecule has 0 unspecified atom stereocenters. The number of hydrogen-bond acceptors (Lipinski definition) is 2. The summed E-state index contributed by atoms with van der Waals surface area (Å²) in [6, 6.07) is 4.13. The van der Waals surface area contributed by atoms with Crippen molar-refractivity contribution in [3.05, 3.63) is 28.8 Å². The van der Waals surface area contributed by atoms with E-state index in [2.05, 4.69) is 20.7 Å². The number of Topliss-reactive ketones (excluding diaryl/α,β-unsaturated/α-hetero) is 1. The third kappa shape index (κ3) is 4.06. The lowest BCUT2D eigenvalue weighted by Gasteiger charge is -2.07. The molecule has 0 aliphatic carbocycles. The van der Waals surface area contributed by atoms with Gasteiger partial charge in [0.1, 0.15) is 11.5 Å². The lowest BCUT2D eigenvalue weighted by atomic mass is 10.1. The Hall–Kier alpha value is -0.680. The Labute approximate surface area is 105 Å². The van der Waals surface area contributed by atoms with E-state index >= 15 is 0 Å². The van der Waals surface area contributed by atoms with Crippen LogP contribution in [-0.4, -0.2) is 17.7 Å². The summed E-state index contributed by atoms with van der Waals surface area (Å²) in [6.45, 7) is -2.88. The van der Waals surface area contributed by atoms with Gasteiger partial charge in [0.25, 0.3) is 0 Å². The van der Waals surface area contributed by atoms with Gasteiger partial charge in [-0.2, -0.15) is 8.78 Å². The maximum atomic E-state index is 11.9. The molecule has 0 radical (unpaired) electrons. The second-order valence-electron chi connectivity index (χ2n) is 2.98. The van der Waals surface area contributed by atoms with Crippen LogP contribution in [0.3, 0.4) is 0 Å². The second kappa shape index (κ2) is 6.15. The van der Waals surface area contributed by atoms with Crippen LogP contribution in [0.1, 0.15) is 5.56 Å². The largest absolute Gasteiger partial charge is 0.435 e. The molecule has 0 spiro atoms. The number of hydrogen-bond donors (Lipinski definition) is 0. The number of halogens is 4. The van der Waals surface area contributed by atoms with Crippen LogP contribution in [0.2, 0.25) is 5.02 Å². The van der Waals surface area contributed by atoms with E-state index in [1.54, 1.807) is 0 Å². The number of ether oxygens (including phenoxy) is 1. The maximum absolute atomic E-state index is 11.9. The molecular weight excluding hydrogens is 305 g/mol. The van der Waals surface area contributed by atoms with Gasteiger partial charge in [0.15, 0.2) is 0 Å². The number of rotatable bonds is 5. The van der Waals surface area contributed by atoms with Crippen molar-refractivity contribution >= 4 is 33.3 Å². The summed E-state index contributed by atoms with van der Waals surface area (Å²) in [7, 11) is 0. The SMILES string of the molecule is O=C(CBr)Cc1ccc(OC(F)F)cc1Cl. The summed E-state index contributed by atoms with van der Waals surface area (Å²) in [5, 5.41) is 0.478. The first-order valence-corrected chi connectivity index (χ1v) is 5.83. The van der Waals surface area contributed by atoms with Crippen molar-refractivity contribution in [2.24, 2.45) is 0 Å². The van der Waals surface area contributed by atoms with Gasteiger partial charge in [-0.05, 0) is 17.7 Å². The van der Waals surface area contributed by atoms with Crippen LogP contribution in [0, 0.1) is 0 Å².